The minimum Gasteiger partial charge on any atom is -0.507 e. The van der Waals surface area contributed by atoms with Gasteiger partial charge in [0.2, 0.25) is 5.91 Å². The van der Waals surface area contributed by atoms with Crippen LogP contribution < -0.4 is 5.32 Å². The van der Waals surface area contributed by atoms with Gasteiger partial charge >= 0.3 is 5.97 Å². The molecule has 0 aromatic heterocycles. The van der Waals surface area contributed by atoms with Crippen molar-refractivity contribution in [1.29, 1.82) is 0 Å². The minimum atomic E-state index is -1.25. The molecule has 5 nitrogen and oxygen atoms in total. The topological polar surface area (TPSA) is 86.6 Å². The lowest BCUT2D eigenvalue weighted by atomic mass is 10.2. The van der Waals surface area contributed by atoms with Crippen LogP contribution in [0.3, 0.4) is 0 Å². The Morgan fingerprint density at radius 3 is 2.45 bits per heavy atom. The highest BCUT2D eigenvalue weighted by Gasteiger charge is 2.11. The summed E-state index contributed by atoms with van der Waals surface area (Å²) in [5, 5.41) is 20.9. The van der Waals surface area contributed by atoms with E-state index in [1.54, 1.807) is 0 Å². The number of anilines is 1. The van der Waals surface area contributed by atoms with Gasteiger partial charge < -0.3 is 15.5 Å². The predicted molar refractivity (Wildman–Crippen MR) is 85.6 cm³/mol. The van der Waals surface area contributed by atoms with Crippen LogP contribution in [0.5, 0.6) is 5.75 Å². The Morgan fingerprint density at radius 2 is 1.82 bits per heavy atom. The summed E-state index contributed by atoms with van der Waals surface area (Å²) in [6, 6.07) is 11.7. The van der Waals surface area contributed by atoms with Crippen LogP contribution in [-0.2, 0) is 4.79 Å². The van der Waals surface area contributed by atoms with Crippen LogP contribution in [0, 0.1) is 6.92 Å². The van der Waals surface area contributed by atoms with Gasteiger partial charge in [-0.1, -0.05) is 17.7 Å². The van der Waals surface area contributed by atoms with Crippen molar-refractivity contribution in [3.63, 3.8) is 0 Å². The van der Waals surface area contributed by atoms with E-state index in [0.717, 1.165) is 10.5 Å². The van der Waals surface area contributed by atoms with Crippen LogP contribution >= 0.6 is 11.8 Å². The average Bonchev–Trinajstić information content (AvgIpc) is 2.48. The highest BCUT2D eigenvalue weighted by Crippen LogP contribution is 2.22. The van der Waals surface area contributed by atoms with Gasteiger partial charge in [-0.05, 0) is 37.3 Å². The van der Waals surface area contributed by atoms with Crippen molar-refractivity contribution in [2.45, 2.75) is 11.8 Å². The van der Waals surface area contributed by atoms with Gasteiger partial charge in [-0.15, -0.1) is 11.8 Å². The molecule has 114 valence electrons. The number of aromatic hydroxyl groups is 1. The maximum atomic E-state index is 11.9. The third-order valence-electron chi connectivity index (χ3n) is 2.90. The Labute approximate surface area is 132 Å². The maximum Gasteiger partial charge on any atom is 0.339 e. The number of thioether (sulfide) groups is 1. The number of nitrogens with one attached hydrogen (secondary N) is 1. The lowest BCUT2D eigenvalue weighted by molar-refractivity contribution is -0.113. The number of carbonyl (C=O) groups excluding carboxylic acids is 1. The Hall–Kier alpha value is -2.47. The van der Waals surface area contributed by atoms with Gasteiger partial charge in [-0.3, -0.25) is 4.79 Å². The maximum absolute atomic E-state index is 11.9. The molecule has 0 heterocycles. The number of hydrogen-bond acceptors (Lipinski definition) is 4. The summed E-state index contributed by atoms with van der Waals surface area (Å²) in [5.41, 5.74) is 1.24. The standard InChI is InChI=1S/C16H15NO4S/c1-10-2-5-12(6-3-10)22-9-15(19)17-11-4-7-14(18)13(8-11)16(20)21/h2-8,18H,9H2,1H3,(H,17,19)(H,20,21). The zero-order chi connectivity index (χ0) is 16.1. The van der Waals surface area contributed by atoms with E-state index in [4.69, 9.17) is 5.11 Å². The molecule has 22 heavy (non-hydrogen) atoms. The fourth-order valence-electron chi connectivity index (χ4n) is 1.77. The number of benzene rings is 2. The lowest BCUT2D eigenvalue weighted by Gasteiger charge is -2.07. The fourth-order valence-corrected chi connectivity index (χ4v) is 2.46. The first-order valence-electron chi connectivity index (χ1n) is 6.51. The number of rotatable bonds is 5. The number of amides is 1. The molecule has 6 heteroatoms. The summed E-state index contributed by atoms with van der Waals surface area (Å²) in [6.07, 6.45) is 0. The molecule has 2 rings (SSSR count). The smallest absolute Gasteiger partial charge is 0.339 e. The van der Waals surface area contributed by atoms with E-state index in [0.29, 0.717) is 5.69 Å². The number of carbonyl (C=O) groups is 2. The van der Waals surface area contributed by atoms with Crippen molar-refractivity contribution in [3.05, 3.63) is 53.6 Å². The van der Waals surface area contributed by atoms with Crippen LogP contribution in [0.4, 0.5) is 5.69 Å². The minimum absolute atomic E-state index is 0.215. The molecule has 0 aliphatic carbocycles. The van der Waals surface area contributed by atoms with Crippen LogP contribution in [0.2, 0.25) is 0 Å². The van der Waals surface area contributed by atoms with E-state index < -0.39 is 5.97 Å². The molecule has 2 aromatic carbocycles. The quantitative estimate of drug-likeness (QED) is 0.582. The number of carboxylic acid groups (broad SMARTS) is 1. The Bertz CT molecular complexity index is 698. The van der Waals surface area contributed by atoms with Gasteiger partial charge in [-0.25, -0.2) is 4.79 Å². The molecule has 1 amide bonds. The summed E-state index contributed by atoms with van der Waals surface area (Å²) in [5.74, 6) is -1.61. The van der Waals surface area contributed by atoms with E-state index in [2.05, 4.69) is 5.32 Å². The second-order valence-corrected chi connectivity index (χ2v) is 5.74. The highest BCUT2D eigenvalue weighted by atomic mass is 32.2. The molecular weight excluding hydrogens is 302 g/mol. The molecule has 2 aromatic rings. The van der Waals surface area contributed by atoms with Crippen molar-refractivity contribution in [2.75, 3.05) is 11.1 Å². The largest absolute Gasteiger partial charge is 0.507 e. The van der Waals surface area contributed by atoms with Gasteiger partial charge in [0.1, 0.15) is 11.3 Å². The monoisotopic (exact) mass is 317 g/mol. The summed E-state index contributed by atoms with van der Waals surface area (Å²) in [4.78, 5) is 23.8. The van der Waals surface area contributed by atoms with Crippen molar-refractivity contribution >= 4 is 29.3 Å². The first kappa shape index (κ1) is 15.9. The fraction of sp³-hybridized carbons (Fsp3) is 0.125. The number of hydrogen-bond donors (Lipinski definition) is 3. The van der Waals surface area contributed by atoms with Gasteiger partial charge in [0.25, 0.3) is 0 Å². The second-order valence-electron chi connectivity index (χ2n) is 4.69. The first-order valence-corrected chi connectivity index (χ1v) is 7.50. The zero-order valence-corrected chi connectivity index (χ0v) is 12.7. The van der Waals surface area contributed by atoms with Gasteiger partial charge in [0, 0.05) is 10.6 Å². The number of aryl methyl sites for hydroxylation is 1. The summed E-state index contributed by atoms with van der Waals surface area (Å²) in [7, 11) is 0. The lowest BCUT2D eigenvalue weighted by Crippen LogP contribution is -2.14. The molecule has 0 aliphatic rings. The Balaban J connectivity index is 1.96. The van der Waals surface area contributed by atoms with E-state index in [1.165, 1.54) is 30.0 Å². The van der Waals surface area contributed by atoms with Crippen molar-refractivity contribution in [2.24, 2.45) is 0 Å². The Kier molecular flexibility index (Phi) is 5.06. The summed E-state index contributed by atoms with van der Waals surface area (Å²) < 4.78 is 0. The van der Waals surface area contributed by atoms with Crippen molar-refractivity contribution in [1.82, 2.24) is 0 Å². The third-order valence-corrected chi connectivity index (χ3v) is 3.91. The molecule has 0 aliphatic heterocycles. The molecule has 0 unspecified atom stereocenters. The molecule has 0 saturated heterocycles. The van der Waals surface area contributed by atoms with Crippen LogP contribution in [0.1, 0.15) is 15.9 Å². The predicted octanol–water partition coefficient (Wildman–Crippen LogP) is 3.13. The van der Waals surface area contributed by atoms with Crippen LogP contribution in [0.25, 0.3) is 0 Å². The molecular formula is C16H15NO4S. The molecule has 0 spiro atoms. The number of phenols is 1. The second kappa shape index (κ2) is 7.00. The van der Waals surface area contributed by atoms with Crippen LogP contribution in [-0.4, -0.2) is 27.8 Å². The number of aromatic carboxylic acids is 1. The van der Waals surface area contributed by atoms with Crippen molar-refractivity contribution in [3.8, 4) is 5.75 Å². The molecule has 0 saturated carbocycles. The molecule has 0 atom stereocenters. The van der Waals surface area contributed by atoms with E-state index >= 15 is 0 Å². The molecule has 3 N–H and O–H groups in total. The first-order chi connectivity index (χ1) is 10.5. The third kappa shape index (κ3) is 4.26. The summed E-state index contributed by atoms with van der Waals surface area (Å²) >= 11 is 1.39. The van der Waals surface area contributed by atoms with Gasteiger partial charge in [-0.2, -0.15) is 0 Å². The van der Waals surface area contributed by atoms with Crippen LogP contribution in [0.15, 0.2) is 47.4 Å². The van der Waals surface area contributed by atoms with Gasteiger partial charge in [0.05, 0.1) is 5.75 Å². The van der Waals surface area contributed by atoms with Gasteiger partial charge in [0.15, 0.2) is 0 Å². The normalized spacial score (nSPS) is 10.2. The molecule has 0 bridgehead atoms. The van der Waals surface area contributed by atoms with Crippen molar-refractivity contribution < 1.29 is 19.8 Å². The van der Waals surface area contributed by atoms with E-state index in [9.17, 15) is 14.7 Å². The summed E-state index contributed by atoms with van der Waals surface area (Å²) in [6.45, 7) is 1.99. The SMILES string of the molecule is Cc1ccc(SCC(=O)Nc2ccc(O)c(C(=O)O)c2)cc1. The molecule has 0 radical (unpaired) electrons. The molecule has 0 fully saturated rings. The van der Waals surface area contributed by atoms with E-state index in [-0.39, 0.29) is 23.0 Å². The van der Waals surface area contributed by atoms with E-state index in [1.807, 2.05) is 31.2 Å². The highest BCUT2D eigenvalue weighted by molar-refractivity contribution is 8.00. The Morgan fingerprint density at radius 1 is 1.14 bits per heavy atom. The number of carboxylic acids is 1. The zero-order valence-electron chi connectivity index (χ0n) is 11.9. The average molecular weight is 317 g/mol.